The number of ether oxygens (including phenoxy) is 1. The molecule has 1 heterocycles. The second kappa shape index (κ2) is 5.67. The third-order valence-corrected chi connectivity index (χ3v) is 3.37. The van der Waals surface area contributed by atoms with Gasteiger partial charge in [0.05, 0.1) is 6.26 Å². The van der Waals surface area contributed by atoms with E-state index in [9.17, 15) is 4.79 Å². The van der Waals surface area contributed by atoms with Crippen LogP contribution in [-0.2, 0) is 4.79 Å². The van der Waals surface area contributed by atoms with Gasteiger partial charge in [0.25, 0.3) is 5.91 Å². The topological polar surface area (TPSA) is 29.5 Å². The molecule has 0 aliphatic carbocycles. The Morgan fingerprint density at radius 2 is 1.71 bits per heavy atom. The highest BCUT2D eigenvalue weighted by Crippen LogP contribution is 2.25. The standard InChI is InChI=1S/C18H15NO2/c1-19(16-8-3-2-4-9-16)18(20)15-11-12-21-17-10-6-5-7-14(17)13-15/h2-13H,1H3. The highest BCUT2D eigenvalue weighted by molar-refractivity contribution is 6.10. The van der Waals surface area contributed by atoms with Gasteiger partial charge in [-0.2, -0.15) is 0 Å². The summed E-state index contributed by atoms with van der Waals surface area (Å²) in [6, 6.07) is 17.2. The molecule has 104 valence electrons. The van der Waals surface area contributed by atoms with Crippen molar-refractivity contribution in [2.75, 3.05) is 11.9 Å². The largest absolute Gasteiger partial charge is 0.464 e. The molecule has 1 aliphatic rings. The zero-order valence-electron chi connectivity index (χ0n) is 11.7. The molecule has 2 aromatic rings. The van der Waals surface area contributed by atoms with E-state index in [4.69, 9.17) is 4.74 Å². The molecule has 1 aliphatic heterocycles. The van der Waals surface area contributed by atoms with Crippen LogP contribution in [0.15, 0.2) is 72.5 Å². The Morgan fingerprint density at radius 1 is 1.00 bits per heavy atom. The van der Waals surface area contributed by atoms with E-state index in [1.54, 1.807) is 24.3 Å². The number of nitrogens with zero attached hydrogens (tertiary/aromatic N) is 1. The summed E-state index contributed by atoms with van der Waals surface area (Å²) in [6.07, 6.45) is 5.09. The van der Waals surface area contributed by atoms with Gasteiger partial charge in [0.1, 0.15) is 5.75 Å². The lowest BCUT2D eigenvalue weighted by Crippen LogP contribution is -2.27. The number of hydrogen-bond acceptors (Lipinski definition) is 2. The second-order valence-corrected chi connectivity index (χ2v) is 4.76. The van der Waals surface area contributed by atoms with E-state index in [0.717, 1.165) is 17.0 Å². The lowest BCUT2D eigenvalue weighted by atomic mass is 10.1. The number of rotatable bonds is 2. The summed E-state index contributed by atoms with van der Waals surface area (Å²) >= 11 is 0. The summed E-state index contributed by atoms with van der Waals surface area (Å²) in [5.41, 5.74) is 2.34. The SMILES string of the molecule is CN(C(=O)C1=Cc2ccccc2OC=C1)c1ccccc1. The fourth-order valence-corrected chi connectivity index (χ4v) is 2.20. The normalized spacial score (nSPS) is 12.7. The van der Waals surface area contributed by atoms with Crippen LogP contribution in [0.2, 0.25) is 0 Å². The maximum atomic E-state index is 12.6. The monoisotopic (exact) mass is 277 g/mol. The quantitative estimate of drug-likeness (QED) is 0.838. The summed E-state index contributed by atoms with van der Waals surface area (Å²) in [6.45, 7) is 0. The van der Waals surface area contributed by atoms with E-state index in [1.807, 2.05) is 60.7 Å². The first-order valence-corrected chi connectivity index (χ1v) is 6.73. The highest BCUT2D eigenvalue weighted by atomic mass is 16.5. The predicted octanol–water partition coefficient (Wildman–Crippen LogP) is 3.64. The van der Waals surface area contributed by atoms with Gasteiger partial charge < -0.3 is 9.64 Å². The molecule has 1 amide bonds. The molecule has 0 atom stereocenters. The number of likely N-dealkylation sites (N-methyl/N-ethyl adjacent to an activating group) is 1. The smallest absolute Gasteiger partial charge is 0.258 e. The minimum absolute atomic E-state index is 0.0715. The van der Waals surface area contributed by atoms with Crippen LogP contribution in [0.1, 0.15) is 5.56 Å². The lowest BCUT2D eigenvalue weighted by molar-refractivity contribution is -0.114. The van der Waals surface area contributed by atoms with E-state index in [0.29, 0.717) is 5.57 Å². The Hall–Kier alpha value is -2.81. The zero-order chi connectivity index (χ0) is 14.7. The van der Waals surface area contributed by atoms with Gasteiger partial charge >= 0.3 is 0 Å². The van der Waals surface area contributed by atoms with Crippen LogP contribution in [0.25, 0.3) is 6.08 Å². The van der Waals surface area contributed by atoms with Crippen LogP contribution in [0, 0.1) is 0 Å². The van der Waals surface area contributed by atoms with Gasteiger partial charge in [-0.15, -0.1) is 0 Å². The summed E-state index contributed by atoms with van der Waals surface area (Å²) < 4.78 is 5.51. The van der Waals surface area contributed by atoms with Crippen molar-refractivity contribution in [1.29, 1.82) is 0 Å². The Kier molecular flexibility index (Phi) is 3.56. The lowest BCUT2D eigenvalue weighted by Gasteiger charge is -2.17. The highest BCUT2D eigenvalue weighted by Gasteiger charge is 2.16. The first-order valence-electron chi connectivity index (χ1n) is 6.73. The molecule has 0 aromatic heterocycles. The minimum Gasteiger partial charge on any atom is -0.464 e. The molecule has 0 spiro atoms. The van der Waals surface area contributed by atoms with Crippen molar-refractivity contribution in [3.8, 4) is 5.75 Å². The molecule has 21 heavy (non-hydrogen) atoms. The molecule has 0 saturated heterocycles. The fourth-order valence-electron chi connectivity index (χ4n) is 2.20. The second-order valence-electron chi connectivity index (χ2n) is 4.76. The Bertz CT molecular complexity index is 717. The van der Waals surface area contributed by atoms with Gasteiger partial charge in [-0.05, 0) is 30.4 Å². The predicted molar refractivity (Wildman–Crippen MR) is 84.0 cm³/mol. The summed E-state index contributed by atoms with van der Waals surface area (Å²) in [7, 11) is 1.77. The molecular weight excluding hydrogens is 262 g/mol. The number of benzene rings is 2. The van der Waals surface area contributed by atoms with Gasteiger partial charge in [0.2, 0.25) is 0 Å². The Balaban J connectivity index is 1.93. The van der Waals surface area contributed by atoms with Crippen molar-refractivity contribution in [3.05, 3.63) is 78.1 Å². The van der Waals surface area contributed by atoms with Crippen molar-refractivity contribution in [2.45, 2.75) is 0 Å². The van der Waals surface area contributed by atoms with Crippen LogP contribution in [0.5, 0.6) is 5.75 Å². The molecule has 0 fully saturated rings. The van der Waals surface area contributed by atoms with E-state index >= 15 is 0 Å². The van der Waals surface area contributed by atoms with Crippen molar-refractivity contribution >= 4 is 17.7 Å². The van der Waals surface area contributed by atoms with Gasteiger partial charge in [-0.3, -0.25) is 4.79 Å². The third-order valence-electron chi connectivity index (χ3n) is 3.37. The van der Waals surface area contributed by atoms with Crippen LogP contribution in [0.4, 0.5) is 5.69 Å². The first kappa shape index (κ1) is 13.2. The van der Waals surface area contributed by atoms with Crippen molar-refractivity contribution in [1.82, 2.24) is 0 Å². The number of carbonyl (C=O) groups is 1. The average molecular weight is 277 g/mol. The maximum Gasteiger partial charge on any atom is 0.258 e. The Labute approximate surface area is 123 Å². The minimum atomic E-state index is -0.0715. The molecule has 0 radical (unpaired) electrons. The molecule has 0 saturated carbocycles. The van der Waals surface area contributed by atoms with Crippen LogP contribution in [0.3, 0.4) is 0 Å². The molecule has 0 bridgehead atoms. The van der Waals surface area contributed by atoms with E-state index < -0.39 is 0 Å². The summed E-state index contributed by atoms with van der Waals surface area (Å²) in [5, 5.41) is 0. The molecular formula is C18H15NO2. The number of carbonyl (C=O) groups excluding carboxylic acids is 1. The zero-order valence-corrected chi connectivity index (χ0v) is 11.7. The number of fused-ring (bicyclic) bond motifs is 1. The summed E-state index contributed by atoms with van der Waals surface area (Å²) in [5.74, 6) is 0.677. The average Bonchev–Trinajstić information content (AvgIpc) is 2.76. The molecule has 3 heteroatoms. The number of para-hydroxylation sites is 2. The molecule has 3 rings (SSSR count). The molecule has 0 unspecified atom stereocenters. The maximum absolute atomic E-state index is 12.6. The fraction of sp³-hybridized carbons (Fsp3) is 0.0556. The third kappa shape index (κ3) is 2.72. The summed E-state index contributed by atoms with van der Waals surface area (Å²) in [4.78, 5) is 14.2. The van der Waals surface area contributed by atoms with E-state index in [2.05, 4.69) is 0 Å². The van der Waals surface area contributed by atoms with Gasteiger partial charge in [-0.25, -0.2) is 0 Å². The van der Waals surface area contributed by atoms with Gasteiger partial charge in [0, 0.05) is 23.9 Å². The van der Waals surface area contributed by atoms with Crippen molar-refractivity contribution in [3.63, 3.8) is 0 Å². The van der Waals surface area contributed by atoms with E-state index in [1.165, 1.54) is 0 Å². The van der Waals surface area contributed by atoms with E-state index in [-0.39, 0.29) is 5.91 Å². The number of amides is 1. The van der Waals surface area contributed by atoms with Gasteiger partial charge in [0.15, 0.2) is 0 Å². The number of anilines is 1. The van der Waals surface area contributed by atoms with Crippen LogP contribution >= 0.6 is 0 Å². The van der Waals surface area contributed by atoms with Crippen molar-refractivity contribution in [2.24, 2.45) is 0 Å². The molecule has 2 aromatic carbocycles. The van der Waals surface area contributed by atoms with Gasteiger partial charge in [-0.1, -0.05) is 36.4 Å². The number of hydrogen-bond donors (Lipinski definition) is 0. The van der Waals surface area contributed by atoms with Crippen LogP contribution in [-0.4, -0.2) is 13.0 Å². The first-order chi connectivity index (χ1) is 10.3. The van der Waals surface area contributed by atoms with Crippen LogP contribution < -0.4 is 9.64 Å². The molecule has 0 N–H and O–H groups in total. The van der Waals surface area contributed by atoms with Crippen molar-refractivity contribution < 1.29 is 9.53 Å². The molecule has 3 nitrogen and oxygen atoms in total. The Morgan fingerprint density at radius 3 is 2.52 bits per heavy atom.